The monoisotopic (exact) mass is 301 g/mol. The third-order valence-corrected chi connectivity index (χ3v) is 3.24. The zero-order valence-corrected chi connectivity index (χ0v) is 12.0. The average molecular weight is 302 g/mol. The highest BCUT2D eigenvalue weighted by atomic mass is 35.5. The van der Waals surface area contributed by atoms with E-state index in [1.54, 1.807) is 13.1 Å². The highest BCUT2D eigenvalue weighted by Gasteiger charge is 2.13. The largest absolute Gasteiger partial charge is 0.365 e. The van der Waals surface area contributed by atoms with Gasteiger partial charge in [0.25, 0.3) is 5.89 Å². The summed E-state index contributed by atoms with van der Waals surface area (Å²) >= 11 is 6.14. The highest BCUT2D eigenvalue weighted by Crippen LogP contribution is 2.24. The van der Waals surface area contributed by atoms with E-state index in [-0.39, 0.29) is 0 Å². The fourth-order valence-corrected chi connectivity index (χ4v) is 2.06. The molecule has 0 saturated heterocycles. The maximum Gasteiger partial charge on any atom is 0.263 e. The summed E-state index contributed by atoms with van der Waals surface area (Å²) < 4.78 is 5.16. The van der Waals surface area contributed by atoms with E-state index < -0.39 is 0 Å². The van der Waals surface area contributed by atoms with Crippen LogP contribution in [0, 0.1) is 6.92 Å². The second-order valence-electron chi connectivity index (χ2n) is 4.38. The number of aryl methyl sites for hydroxylation is 1. The predicted molar refractivity (Wildman–Crippen MR) is 78.8 cm³/mol. The molecule has 2 aromatic heterocycles. The van der Waals surface area contributed by atoms with Gasteiger partial charge in [-0.3, -0.25) is 0 Å². The molecule has 0 radical (unpaired) electrons. The third kappa shape index (κ3) is 3.00. The fourth-order valence-electron chi connectivity index (χ4n) is 1.85. The Hall–Kier alpha value is -2.47. The first-order valence-electron chi connectivity index (χ1n) is 6.32. The molecule has 1 N–H and O–H groups in total. The van der Waals surface area contributed by atoms with Crippen LogP contribution in [-0.4, -0.2) is 20.1 Å². The van der Waals surface area contributed by atoms with Crippen LogP contribution < -0.4 is 5.32 Å². The van der Waals surface area contributed by atoms with E-state index in [9.17, 15) is 0 Å². The van der Waals surface area contributed by atoms with Gasteiger partial charge in [0.1, 0.15) is 17.7 Å². The molecule has 0 aliphatic carbocycles. The van der Waals surface area contributed by atoms with Gasteiger partial charge in [0.15, 0.2) is 5.82 Å². The second kappa shape index (κ2) is 5.88. The van der Waals surface area contributed by atoms with Crippen LogP contribution in [-0.2, 0) is 6.54 Å². The van der Waals surface area contributed by atoms with Crippen molar-refractivity contribution in [2.24, 2.45) is 0 Å². The standard InChI is InChI=1S/C14H12ClN5O/c1-9-19-14(21-20-9)11-7-16-8-18-13(11)17-6-10-4-2-3-5-12(10)15/h2-5,7-8H,6H2,1H3,(H,16,17,18). The number of aromatic nitrogens is 4. The van der Waals surface area contributed by atoms with Crippen molar-refractivity contribution < 1.29 is 4.52 Å². The lowest BCUT2D eigenvalue weighted by atomic mass is 10.2. The maximum atomic E-state index is 6.14. The number of halogens is 1. The molecule has 3 rings (SSSR count). The lowest BCUT2D eigenvalue weighted by Gasteiger charge is -2.09. The Morgan fingerprint density at radius 1 is 1.29 bits per heavy atom. The molecular formula is C14H12ClN5O. The summed E-state index contributed by atoms with van der Waals surface area (Å²) in [5, 5.41) is 7.69. The van der Waals surface area contributed by atoms with Crippen LogP contribution in [0.3, 0.4) is 0 Å². The first-order chi connectivity index (χ1) is 10.2. The summed E-state index contributed by atoms with van der Waals surface area (Å²) in [6.45, 7) is 2.30. The summed E-state index contributed by atoms with van der Waals surface area (Å²) in [5.41, 5.74) is 1.63. The van der Waals surface area contributed by atoms with Crippen LogP contribution in [0.25, 0.3) is 11.5 Å². The Kier molecular flexibility index (Phi) is 3.79. The van der Waals surface area contributed by atoms with Gasteiger partial charge in [-0.1, -0.05) is 35.0 Å². The maximum absolute atomic E-state index is 6.14. The Bertz CT molecular complexity index is 758. The van der Waals surface area contributed by atoms with Crippen molar-refractivity contribution in [1.29, 1.82) is 0 Å². The molecule has 0 spiro atoms. The number of anilines is 1. The molecule has 0 fully saturated rings. The summed E-state index contributed by atoms with van der Waals surface area (Å²) in [7, 11) is 0. The Labute approximate surface area is 126 Å². The van der Waals surface area contributed by atoms with Crippen LogP contribution >= 0.6 is 11.6 Å². The number of hydrogen-bond donors (Lipinski definition) is 1. The average Bonchev–Trinajstić information content (AvgIpc) is 2.93. The van der Waals surface area contributed by atoms with Crippen molar-refractivity contribution in [3.8, 4) is 11.5 Å². The van der Waals surface area contributed by atoms with E-state index in [0.29, 0.717) is 34.7 Å². The molecule has 6 nitrogen and oxygen atoms in total. The molecule has 21 heavy (non-hydrogen) atoms. The van der Waals surface area contributed by atoms with Gasteiger partial charge in [-0.25, -0.2) is 9.97 Å². The van der Waals surface area contributed by atoms with Crippen molar-refractivity contribution >= 4 is 17.4 Å². The predicted octanol–water partition coefficient (Wildman–Crippen LogP) is 3.10. The number of rotatable bonds is 4. The Morgan fingerprint density at radius 3 is 2.90 bits per heavy atom. The van der Waals surface area contributed by atoms with Gasteiger partial charge in [0.05, 0.1) is 0 Å². The molecule has 0 aliphatic heterocycles. The molecule has 0 unspecified atom stereocenters. The molecule has 2 heterocycles. The molecule has 7 heteroatoms. The van der Waals surface area contributed by atoms with Crippen molar-refractivity contribution in [2.45, 2.75) is 13.5 Å². The highest BCUT2D eigenvalue weighted by molar-refractivity contribution is 6.31. The first-order valence-corrected chi connectivity index (χ1v) is 6.70. The minimum atomic E-state index is 0.384. The molecular weight excluding hydrogens is 290 g/mol. The molecule has 0 bridgehead atoms. The van der Waals surface area contributed by atoms with E-state index in [4.69, 9.17) is 16.1 Å². The molecule has 0 aliphatic rings. The molecule has 0 amide bonds. The van der Waals surface area contributed by atoms with Crippen LogP contribution in [0.1, 0.15) is 11.4 Å². The lowest BCUT2D eigenvalue weighted by Crippen LogP contribution is -2.04. The van der Waals surface area contributed by atoms with Gasteiger partial charge >= 0.3 is 0 Å². The summed E-state index contributed by atoms with van der Waals surface area (Å²) in [5.74, 6) is 1.56. The van der Waals surface area contributed by atoms with Crippen molar-refractivity contribution in [3.63, 3.8) is 0 Å². The Balaban J connectivity index is 1.85. The number of nitrogens with one attached hydrogen (secondary N) is 1. The summed E-state index contributed by atoms with van der Waals surface area (Å²) in [6.07, 6.45) is 3.09. The number of benzene rings is 1. The zero-order valence-electron chi connectivity index (χ0n) is 11.2. The van der Waals surface area contributed by atoms with Gasteiger partial charge in [-0.15, -0.1) is 0 Å². The molecule has 0 saturated carbocycles. The SMILES string of the molecule is Cc1noc(-c2cncnc2NCc2ccccc2Cl)n1. The smallest absolute Gasteiger partial charge is 0.263 e. The second-order valence-corrected chi connectivity index (χ2v) is 4.78. The lowest BCUT2D eigenvalue weighted by molar-refractivity contribution is 0.425. The molecule has 3 aromatic rings. The van der Waals surface area contributed by atoms with Crippen molar-refractivity contribution in [3.05, 3.63) is 53.2 Å². The summed E-state index contributed by atoms with van der Waals surface area (Å²) in [6, 6.07) is 7.63. The molecule has 1 aromatic carbocycles. The van der Waals surface area contributed by atoms with E-state index in [1.165, 1.54) is 6.33 Å². The van der Waals surface area contributed by atoms with E-state index in [2.05, 4.69) is 25.4 Å². The van der Waals surface area contributed by atoms with Crippen LogP contribution in [0.5, 0.6) is 0 Å². The van der Waals surface area contributed by atoms with E-state index in [0.717, 1.165) is 5.56 Å². The molecule has 0 atom stereocenters. The zero-order chi connectivity index (χ0) is 14.7. The summed E-state index contributed by atoms with van der Waals surface area (Å²) in [4.78, 5) is 12.4. The number of nitrogens with zero attached hydrogens (tertiary/aromatic N) is 4. The minimum absolute atomic E-state index is 0.384. The quantitative estimate of drug-likeness (QED) is 0.798. The van der Waals surface area contributed by atoms with Gasteiger partial charge in [0.2, 0.25) is 0 Å². The Morgan fingerprint density at radius 2 is 2.14 bits per heavy atom. The van der Waals surface area contributed by atoms with Gasteiger partial charge < -0.3 is 9.84 Å². The fraction of sp³-hybridized carbons (Fsp3) is 0.143. The third-order valence-electron chi connectivity index (χ3n) is 2.87. The first kappa shape index (κ1) is 13.5. The van der Waals surface area contributed by atoms with Crippen molar-refractivity contribution in [2.75, 3.05) is 5.32 Å². The topological polar surface area (TPSA) is 76.7 Å². The van der Waals surface area contributed by atoms with E-state index in [1.807, 2.05) is 24.3 Å². The van der Waals surface area contributed by atoms with Gasteiger partial charge in [-0.05, 0) is 18.6 Å². The number of hydrogen-bond acceptors (Lipinski definition) is 6. The van der Waals surface area contributed by atoms with Crippen LogP contribution in [0.15, 0.2) is 41.3 Å². The van der Waals surface area contributed by atoms with E-state index >= 15 is 0 Å². The molecule has 106 valence electrons. The van der Waals surface area contributed by atoms with Crippen molar-refractivity contribution in [1.82, 2.24) is 20.1 Å². The minimum Gasteiger partial charge on any atom is -0.365 e. The normalized spacial score (nSPS) is 10.6. The van der Waals surface area contributed by atoms with Gasteiger partial charge in [0, 0.05) is 17.8 Å². The van der Waals surface area contributed by atoms with Gasteiger partial charge in [-0.2, -0.15) is 4.98 Å². The van der Waals surface area contributed by atoms with Crippen LogP contribution in [0.4, 0.5) is 5.82 Å². The van der Waals surface area contributed by atoms with Crippen LogP contribution in [0.2, 0.25) is 5.02 Å².